The molecule has 9 heteroatoms. The molecule has 0 radical (unpaired) electrons. The second kappa shape index (κ2) is 3.95. The molecule has 0 unspecified atom stereocenters. The van der Waals surface area contributed by atoms with Gasteiger partial charge in [0.1, 0.15) is 6.26 Å². The Morgan fingerprint density at radius 3 is 1.80 bits per heavy atom. The second-order valence-corrected chi connectivity index (χ2v) is 4.37. The zero-order valence-electron chi connectivity index (χ0n) is 7.60. The van der Waals surface area contributed by atoms with Crippen LogP contribution in [0.25, 0.3) is 0 Å². The second-order valence-electron chi connectivity index (χ2n) is 2.76. The molecular formula is C6H7F5O3S. The fourth-order valence-corrected chi connectivity index (χ4v) is 1.09. The highest BCUT2D eigenvalue weighted by Crippen LogP contribution is 2.40. The highest BCUT2D eigenvalue weighted by atomic mass is 32.2. The molecule has 0 saturated heterocycles. The van der Waals surface area contributed by atoms with E-state index in [0.29, 0.717) is 6.26 Å². The summed E-state index contributed by atoms with van der Waals surface area (Å²) in [7, 11) is -6.05. The molecule has 0 aromatic carbocycles. The van der Waals surface area contributed by atoms with Crippen LogP contribution in [0, 0.1) is 0 Å². The van der Waals surface area contributed by atoms with E-state index in [1.54, 1.807) is 0 Å². The molecule has 15 heavy (non-hydrogen) atoms. The molecule has 0 aromatic rings. The fraction of sp³-hybridized carbons (Fsp3) is 0.667. The molecule has 0 bridgehead atoms. The van der Waals surface area contributed by atoms with Gasteiger partial charge in [0.25, 0.3) is 0 Å². The van der Waals surface area contributed by atoms with Crippen molar-refractivity contribution in [3.63, 3.8) is 0 Å². The number of alkyl halides is 5. The van der Waals surface area contributed by atoms with E-state index in [0.717, 1.165) is 0 Å². The van der Waals surface area contributed by atoms with E-state index >= 15 is 0 Å². The minimum Gasteiger partial charge on any atom is -0.386 e. The summed E-state index contributed by atoms with van der Waals surface area (Å²) in [6, 6.07) is 0. The minimum absolute atomic E-state index is 0.122. The maximum Gasteiger partial charge on any atom is 0.475 e. The fourth-order valence-electron chi connectivity index (χ4n) is 0.362. The van der Waals surface area contributed by atoms with Gasteiger partial charge in [-0.15, -0.1) is 0 Å². The molecule has 0 aliphatic rings. The van der Waals surface area contributed by atoms with E-state index < -0.39 is 21.5 Å². The zero-order chi connectivity index (χ0) is 12.5. The predicted molar refractivity (Wildman–Crippen MR) is 40.4 cm³/mol. The summed E-state index contributed by atoms with van der Waals surface area (Å²) in [5.41, 5.74) is 0.122. The maximum atomic E-state index is 12.3. The number of hydrogen-bond acceptors (Lipinski definition) is 3. The third-order valence-corrected chi connectivity index (χ3v) is 2.26. The van der Waals surface area contributed by atoms with Gasteiger partial charge in [-0.25, -0.2) is 0 Å². The van der Waals surface area contributed by atoms with Gasteiger partial charge in [0, 0.05) is 0 Å². The molecule has 0 aromatic heterocycles. The van der Waals surface area contributed by atoms with E-state index in [2.05, 4.69) is 4.18 Å². The van der Waals surface area contributed by atoms with Crippen molar-refractivity contribution in [1.29, 1.82) is 0 Å². The van der Waals surface area contributed by atoms with Gasteiger partial charge < -0.3 is 4.18 Å². The van der Waals surface area contributed by atoms with Gasteiger partial charge in [0.05, 0.1) is 0 Å². The van der Waals surface area contributed by atoms with E-state index in [9.17, 15) is 30.4 Å². The first-order valence-electron chi connectivity index (χ1n) is 3.42. The lowest BCUT2D eigenvalue weighted by atomic mass is 10.4. The highest BCUT2D eigenvalue weighted by Gasteiger charge is 2.69. The molecule has 0 rings (SSSR count). The van der Waals surface area contributed by atoms with Crippen LogP contribution in [0.4, 0.5) is 22.0 Å². The van der Waals surface area contributed by atoms with Crippen molar-refractivity contribution in [2.24, 2.45) is 0 Å². The Morgan fingerprint density at radius 2 is 1.53 bits per heavy atom. The lowest BCUT2D eigenvalue weighted by molar-refractivity contribution is -0.243. The summed E-state index contributed by atoms with van der Waals surface area (Å²) in [6.07, 6.45) is -5.91. The molecule has 0 saturated carbocycles. The van der Waals surface area contributed by atoms with Crippen LogP contribution in [-0.2, 0) is 14.3 Å². The lowest BCUT2D eigenvalue weighted by Crippen LogP contribution is -2.44. The molecule has 0 atom stereocenters. The van der Waals surface area contributed by atoms with Crippen LogP contribution < -0.4 is 0 Å². The van der Waals surface area contributed by atoms with Crippen LogP contribution in [0.3, 0.4) is 0 Å². The van der Waals surface area contributed by atoms with E-state index in [4.69, 9.17) is 0 Å². The average Bonchev–Trinajstić information content (AvgIpc) is 1.98. The topological polar surface area (TPSA) is 43.4 Å². The first-order chi connectivity index (χ1) is 6.42. The third-order valence-electron chi connectivity index (χ3n) is 1.05. The molecule has 0 aliphatic heterocycles. The third kappa shape index (κ3) is 3.05. The van der Waals surface area contributed by atoms with Crippen molar-refractivity contribution in [2.45, 2.75) is 25.3 Å². The van der Waals surface area contributed by atoms with Crippen LogP contribution in [0.2, 0.25) is 0 Å². The van der Waals surface area contributed by atoms with Crippen molar-refractivity contribution < 1.29 is 34.6 Å². The van der Waals surface area contributed by atoms with Gasteiger partial charge in [0.15, 0.2) is 0 Å². The standard InChI is InChI=1S/C6H7F5O3S/c1-4(2)3-14-15(12,13)6(10,11)5(7,8)9/h3H,1-2H3. The number of rotatable bonds is 3. The van der Waals surface area contributed by atoms with E-state index in [1.807, 2.05) is 0 Å². The smallest absolute Gasteiger partial charge is 0.386 e. The van der Waals surface area contributed by atoms with Gasteiger partial charge >= 0.3 is 21.5 Å². The van der Waals surface area contributed by atoms with E-state index in [-0.39, 0.29) is 5.57 Å². The molecule has 0 heterocycles. The Morgan fingerprint density at radius 1 is 1.13 bits per heavy atom. The van der Waals surface area contributed by atoms with Crippen molar-refractivity contribution in [3.8, 4) is 0 Å². The minimum atomic E-state index is -6.21. The first kappa shape index (κ1) is 14.1. The zero-order valence-corrected chi connectivity index (χ0v) is 8.42. The molecular weight excluding hydrogens is 247 g/mol. The summed E-state index contributed by atoms with van der Waals surface area (Å²) < 4.78 is 83.8. The van der Waals surface area contributed by atoms with Crippen molar-refractivity contribution >= 4 is 10.1 Å². The average molecular weight is 254 g/mol. The predicted octanol–water partition coefficient (Wildman–Crippen LogP) is 2.41. The molecule has 0 amide bonds. The Balaban J connectivity index is 5.14. The van der Waals surface area contributed by atoms with Crippen molar-refractivity contribution in [3.05, 3.63) is 11.8 Å². The Bertz CT molecular complexity index is 349. The molecule has 90 valence electrons. The summed E-state index contributed by atoms with van der Waals surface area (Å²) in [6.45, 7) is 2.53. The lowest BCUT2D eigenvalue weighted by Gasteiger charge is -2.18. The largest absolute Gasteiger partial charge is 0.475 e. The normalized spacial score (nSPS) is 13.5. The van der Waals surface area contributed by atoms with Crippen LogP contribution in [-0.4, -0.2) is 19.8 Å². The van der Waals surface area contributed by atoms with Crippen molar-refractivity contribution in [2.75, 3.05) is 0 Å². The molecule has 3 nitrogen and oxygen atoms in total. The Kier molecular flexibility index (Phi) is 3.72. The highest BCUT2D eigenvalue weighted by molar-refractivity contribution is 7.87. The van der Waals surface area contributed by atoms with Gasteiger partial charge in [-0.3, -0.25) is 0 Å². The number of allylic oxidation sites excluding steroid dienone is 1. The summed E-state index contributed by atoms with van der Waals surface area (Å²) >= 11 is 0. The summed E-state index contributed by atoms with van der Waals surface area (Å²) in [5, 5.41) is -5.92. The quantitative estimate of drug-likeness (QED) is 0.441. The Labute approximate surface area is 82.6 Å². The maximum absolute atomic E-state index is 12.3. The van der Waals surface area contributed by atoms with Crippen LogP contribution in [0.15, 0.2) is 11.8 Å². The van der Waals surface area contributed by atoms with Gasteiger partial charge in [-0.2, -0.15) is 30.4 Å². The van der Waals surface area contributed by atoms with Gasteiger partial charge in [-0.1, -0.05) is 0 Å². The van der Waals surface area contributed by atoms with Crippen LogP contribution in [0.1, 0.15) is 13.8 Å². The summed E-state index contributed by atoms with van der Waals surface area (Å²) in [4.78, 5) is 0. The first-order valence-corrected chi connectivity index (χ1v) is 4.83. The van der Waals surface area contributed by atoms with Crippen molar-refractivity contribution in [1.82, 2.24) is 0 Å². The van der Waals surface area contributed by atoms with Gasteiger partial charge in [0.2, 0.25) is 0 Å². The van der Waals surface area contributed by atoms with E-state index in [1.165, 1.54) is 13.8 Å². The number of halogens is 5. The SMILES string of the molecule is CC(C)=COS(=O)(=O)C(F)(F)C(F)(F)F. The Hall–Kier alpha value is -0.860. The molecule has 0 N–H and O–H groups in total. The monoisotopic (exact) mass is 254 g/mol. The molecule has 0 spiro atoms. The van der Waals surface area contributed by atoms with Gasteiger partial charge in [-0.05, 0) is 19.4 Å². The van der Waals surface area contributed by atoms with Crippen LogP contribution in [0.5, 0.6) is 0 Å². The summed E-state index contributed by atoms with van der Waals surface area (Å²) in [5.74, 6) is 0. The molecule has 0 aliphatic carbocycles. The number of hydrogen-bond donors (Lipinski definition) is 0. The van der Waals surface area contributed by atoms with Crippen LogP contribution >= 0.6 is 0 Å². The molecule has 0 fully saturated rings.